The molecule has 1 fully saturated rings. The van der Waals surface area contributed by atoms with Crippen molar-refractivity contribution < 1.29 is 14.3 Å². The Bertz CT molecular complexity index is 234. The molecule has 86 valence electrons. The summed E-state index contributed by atoms with van der Waals surface area (Å²) in [7, 11) is 0. The zero-order chi connectivity index (χ0) is 11.3. The predicted octanol–water partition coefficient (Wildman–Crippen LogP) is 0.897. The maximum Gasteiger partial charge on any atom is 0.220 e. The van der Waals surface area contributed by atoms with Crippen LogP contribution in [0.15, 0.2) is 0 Å². The summed E-state index contributed by atoms with van der Waals surface area (Å²) in [4.78, 5) is 21.9. The molecule has 0 aromatic heterocycles. The van der Waals surface area contributed by atoms with Gasteiger partial charge in [0.2, 0.25) is 5.91 Å². The lowest BCUT2D eigenvalue weighted by Crippen LogP contribution is -2.36. The van der Waals surface area contributed by atoms with Crippen LogP contribution in [0.2, 0.25) is 0 Å². The molecule has 0 aromatic rings. The van der Waals surface area contributed by atoms with E-state index in [1.54, 1.807) is 0 Å². The number of hydrogen-bond donors (Lipinski definition) is 1. The molecule has 1 N–H and O–H groups in total. The highest BCUT2D eigenvalue weighted by Gasteiger charge is 2.30. The fraction of sp³-hybridized carbons (Fsp3) is 0.818. The van der Waals surface area contributed by atoms with Crippen LogP contribution < -0.4 is 5.32 Å². The Morgan fingerprint density at radius 2 is 2.07 bits per heavy atom. The molecule has 1 rings (SSSR count). The third-order valence-electron chi connectivity index (χ3n) is 2.60. The van der Waals surface area contributed by atoms with E-state index in [1.165, 1.54) is 6.92 Å². The van der Waals surface area contributed by atoms with Crippen LogP contribution in [0.5, 0.6) is 0 Å². The van der Waals surface area contributed by atoms with Gasteiger partial charge in [-0.05, 0) is 32.6 Å². The van der Waals surface area contributed by atoms with Gasteiger partial charge in [0.15, 0.2) is 0 Å². The Morgan fingerprint density at radius 3 is 2.60 bits per heavy atom. The highest BCUT2D eigenvalue weighted by atomic mass is 16.5. The molecule has 1 saturated carbocycles. The molecule has 0 aromatic carbocycles. The first-order valence-electron chi connectivity index (χ1n) is 5.49. The van der Waals surface area contributed by atoms with Gasteiger partial charge in [-0.25, -0.2) is 0 Å². The van der Waals surface area contributed by atoms with Crippen LogP contribution in [0.25, 0.3) is 0 Å². The molecule has 0 saturated heterocycles. The first-order valence-corrected chi connectivity index (χ1v) is 5.49. The summed E-state index contributed by atoms with van der Waals surface area (Å²) in [6, 6.07) is 0. The molecule has 1 amide bonds. The van der Waals surface area contributed by atoms with Gasteiger partial charge in [-0.1, -0.05) is 0 Å². The van der Waals surface area contributed by atoms with Crippen molar-refractivity contribution in [3.63, 3.8) is 0 Å². The second kappa shape index (κ2) is 5.85. The molecule has 0 heterocycles. The molecule has 0 unspecified atom stereocenters. The van der Waals surface area contributed by atoms with Gasteiger partial charge < -0.3 is 10.1 Å². The van der Waals surface area contributed by atoms with Crippen LogP contribution in [-0.4, -0.2) is 30.9 Å². The van der Waals surface area contributed by atoms with E-state index in [4.69, 9.17) is 4.74 Å². The molecular weight excluding hydrogens is 194 g/mol. The number of carbonyl (C=O) groups is 2. The first-order chi connectivity index (χ1) is 7.11. The van der Waals surface area contributed by atoms with Crippen molar-refractivity contribution in [2.24, 2.45) is 5.92 Å². The van der Waals surface area contributed by atoms with Crippen LogP contribution in [0, 0.1) is 5.92 Å². The topological polar surface area (TPSA) is 55.4 Å². The number of amides is 1. The monoisotopic (exact) mass is 213 g/mol. The highest BCUT2D eigenvalue weighted by Crippen LogP contribution is 2.32. The van der Waals surface area contributed by atoms with Crippen LogP contribution in [-0.2, 0) is 14.3 Å². The zero-order valence-electron chi connectivity index (χ0n) is 9.41. The van der Waals surface area contributed by atoms with Crippen LogP contribution in [0.1, 0.15) is 33.1 Å². The number of ketones is 1. The minimum absolute atomic E-state index is 0.0100. The molecule has 4 heteroatoms. The normalized spacial score (nSPS) is 24.4. The minimum atomic E-state index is -0.0230. The Balaban J connectivity index is 2.06. The predicted molar refractivity (Wildman–Crippen MR) is 56.4 cm³/mol. The van der Waals surface area contributed by atoms with Crippen molar-refractivity contribution >= 4 is 11.7 Å². The van der Waals surface area contributed by atoms with Gasteiger partial charge in [-0.2, -0.15) is 0 Å². The molecule has 1 aliphatic rings. The lowest BCUT2D eigenvalue weighted by atomic mass is 9.80. The molecule has 15 heavy (non-hydrogen) atoms. The van der Waals surface area contributed by atoms with Crippen molar-refractivity contribution in [1.82, 2.24) is 5.32 Å². The average molecular weight is 213 g/mol. The summed E-state index contributed by atoms with van der Waals surface area (Å²) < 4.78 is 5.40. The van der Waals surface area contributed by atoms with Crippen LogP contribution >= 0.6 is 0 Å². The van der Waals surface area contributed by atoms with Gasteiger partial charge in [0.1, 0.15) is 5.78 Å². The van der Waals surface area contributed by atoms with E-state index in [0.717, 1.165) is 19.4 Å². The molecule has 0 atom stereocenters. The number of carbonyl (C=O) groups excluding carboxylic acids is 2. The minimum Gasteiger partial charge on any atom is -0.378 e. The third kappa shape index (κ3) is 4.42. The van der Waals surface area contributed by atoms with E-state index in [9.17, 15) is 9.59 Å². The van der Waals surface area contributed by atoms with Gasteiger partial charge in [-0.3, -0.25) is 9.59 Å². The second-order valence-electron chi connectivity index (χ2n) is 4.10. The highest BCUT2D eigenvalue weighted by molar-refractivity contribution is 5.84. The van der Waals surface area contributed by atoms with Gasteiger partial charge >= 0.3 is 0 Å². The Hall–Kier alpha value is -0.900. The largest absolute Gasteiger partial charge is 0.378 e. The van der Waals surface area contributed by atoms with Crippen LogP contribution in [0.4, 0.5) is 0 Å². The van der Waals surface area contributed by atoms with Gasteiger partial charge in [0.25, 0.3) is 0 Å². The standard InChI is InChI=1S/C11H19NO3/c1-3-15-10-4-9(5-10)6-11(14)12-7-8(2)13/h9-10H,3-7H2,1-2H3,(H,12,14). The molecular formula is C11H19NO3. The lowest BCUT2D eigenvalue weighted by Gasteiger charge is -2.34. The SMILES string of the molecule is CCOC1CC(CC(=O)NCC(C)=O)C1. The van der Waals surface area contributed by atoms with E-state index >= 15 is 0 Å². The number of Topliss-reactive ketones (excluding diaryl/α,β-unsaturated/α-hetero) is 1. The molecule has 0 aliphatic heterocycles. The summed E-state index contributed by atoms with van der Waals surface area (Å²) in [5.74, 6) is 0.405. The molecule has 1 aliphatic carbocycles. The Kier molecular flexibility index (Phi) is 4.75. The number of hydrogen-bond acceptors (Lipinski definition) is 3. The molecule has 0 spiro atoms. The first kappa shape index (κ1) is 12.2. The van der Waals surface area contributed by atoms with Crippen molar-refractivity contribution in [2.75, 3.05) is 13.2 Å². The van der Waals surface area contributed by atoms with E-state index in [-0.39, 0.29) is 18.2 Å². The summed E-state index contributed by atoms with van der Waals surface area (Å²) >= 11 is 0. The van der Waals surface area contributed by atoms with Gasteiger partial charge in [-0.15, -0.1) is 0 Å². The molecule has 0 radical (unpaired) electrons. The molecule has 0 bridgehead atoms. The Morgan fingerprint density at radius 1 is 1.40 bits per heavy atom. The van der Waals surface area contributed by atoms with Crippen molar-refractivity contribution in [3.8, 4) is 0 Å². The fourth-order valence-corrected chi connectivity index (χ4v) is 1.77. The van der Waals surface area contributed by atoms with Crippen LogP contribution in [0.3, 0.4) is 0 Å². The molecule has 4 nitrogen and oxygen atoms in total. The second-order valence-corrected chi connectivity index (χ2v) is 4.10. The van der Waals surface area contributed by atoms with E-state index in [1.807, 2.05) is 6.92 Å². The van der Waals surface area contributed by atoms with Crippen molar-refractivity contribution in [1.29, 1.82) is 0 Å². The van der Waals surface area contributed by atoms with Gasteiger partial charge in [0, 0.05) is 13.0 Å². The number of nitrogens with one attached hydrogen (secondary N) is 1. The van der Waals surface area contributed by atoms with Gasteiger partial charge in [0.05, 0.1) is 12.6 Å². The summed E-state index contributed by atoms with van der Waals surface area (Å²) in [6.45, 7) is 4.34. The van der Waals surface area contributed by atoms with Crippen molar-refractivity contribution in [3.05, 3.63) is 0 Å². The number of ether oxygens (including phenoxy) is 1. The average Bonchev–Trinajstić information content (AvgIpc) is 2.11. The van der Waals surface area contributed by atoms with Crippen molar-refractivity contribution in [2.45, 2.75) is 39.2 Å². The Labute approximate surface area is 90.4 Å². The van der Waals surface area contributed by atoms with E-state index in [2.05, 4.69) is 5.32 Å². The maximum atomic E-state index is 11.3. The zero-order valence-corrected chi connectivity index (χ0v) is 9.41. The lowest BCUT2D eigenvalue weighted by molar-refractivity contribution is -0.126. The number of rotatable bonds is 6. The smallest absolute Gasteiger partial charge is 0.220 e. The van der Waals surface area contributed by atoms with E-state index in [0.29, 0.717) is 18.4 Å². The summed E-state index contributed by atoms with van der Waals surface area (Å²) in [5, 5.41) is 2.60. The van der Waals surface area contributed by atoms with E-state index < -0.39 is 0 Å². The fourth-order valence-electron chi connectivity index (χ4n) is 1.77. The third-order valence-corrected chi connectivity index (χ3v) is 2.60. The maximum absolute atomic E-state index is 11.3. The quantitative estimate of drug-likeness (QED) is 0.713. The summed E-state index contributed by atoms with van der Waals surface area (Å²) in [6.07, 6.45) is 2.82. The summed E-state index contributed by atoms with van der Waals surface area (Å²) in [5.41, 5.74) is 0.